The van der Waals surface area contributed by atoms with Crippen LogP contribution in [0.5, 0.6) is 0 Å². The number of carbonyl (C=O) groups excluding carboxylic acids is 2. The Hall–Kier alpha value is -2.45. The molecule has 3 aliphatic rings. The van der Waals surface area contributed by atoms with Gasteiger partial charge in [-0.3, -0.25) is 19.6 Å². The van der Waals surface area contributed by atoms with Crippen LogP contribution < -0.4 is 0 Å². The normalized spacial score (nSPS) is 30.6. The lowest BCUT2D eigenvalue weighted by atomic mass is 9.76. The fraction of sp³-hybridized carbons (Fsp3) is 0.652. The molecule has 174 valence electrons. The average Bonchev–Trinajstić information content (AvgIpc) is 2.80. The Kier molecular flexibility index (Phi) is 5.79. The fourth-order valence-corrected chi connectivity index (χ4v) is 5.25. The maximum absolute atomic E-state index is 13.0. The number of aliphatic imine (C=N–C) groups is 1. The number of rotatable bonds is 4. The van der Waals surface area contributed by atoms with Gasteiger partial charge in [0.25, 0.3) is 0 Å². The predicted molar refractivity (Wildman–Crippen MR) is 111 cm³/mol. The van der Waals surface area contributed by atoms with Crippen LogP contribution in [0.25, 0.3) is 0 Å². The van der Waals surface area contributed by atoms with Gasteiger partial charge >= 0.3 is 12.1 Å². The van der Waals surface area contributed by atoms with Gasteiger partial charge in [-0.25, -0.2) is 0 Å². The molecule has 2 aliphatic carbocycles. The van der Waals surface area contributed by atoms with E-state index in [9.17, 15) is 22.8 Å². The molecule has 32 heavy (non-hydrogen) atoms. The third-order valence-corrected chi connectivity index (χ3v) is 6.57. The predicted octanol–water partition coefficient (Wildman–Crippen LogP) is 3.80. The topological polar surface area (TPSA) is 71.9 Å². The van der Waals surface area contributed by atoms with E-state index in [1.165, 1.54) is 4.90 Å². The smallest absolute Gasteiger partial charge is 0.397 e. The Labute approximate surface area is 185 Å². The van der Waals surface area contributed by atoms with E-state index in [0.717, 1.165) is 17.8 Å². The van der Waals surface area contributed by atoms with Gasteiger partial charge in [-0.2, -0.15) is 13.2 Å². The molecule has 0 radical (unpaired) electrons. The second-order valence-electron chi connectivity index (χ2n) is 10.1. The van der Waals surface area contributed by atoms with Crippen molar-refractivity contribution in [1.29, 1.82) is 0 Å². The van der Waals surface area contributed by atoms with Crippen LogP contribution in [0, 0.1) is 23.2 Å². The number of hydrogen-bond acceptors (Lipinski definition) is 5. The molecule has 1 aromatic rings. The lowest BCUT2D eigenvalue weighted by Gasteiger charge is -2.43. The number of alkyl halides is 3. The van der Waals surface area contributed by atoms with Crippen molar-refractivity contribution >= 4 is 17.6 Å². The molecule has 2 saturated carbocycles. The number of pyridine rings is 1. The second kappa shape index (κ2) is 8.15. The lowest BCUT2D eigenvalue weighted by molar-refractivity contribution is -0.173. The van der Waals surface area contributed by atoms with Gasteiger partial charge in [-0.15, -0.1) is 0 Å². The highest BCUT2D eigenvalue weighted by Crippen LogP contribution is 2.51. The number of likely N-dealkylation sites (tertiary alicyclic amines) is 1. The highest BCUT2D eigenvalue weighted by atomic mass is 19.4. The minimum Gasteiger partial charge on any atom is -0.459 e. The number of ether oxygens (including phenoxy) is 1. The van der Waals surface area contributed by atoms with Crippen molar-refractivity contribution in [3.05, 3.63) is 30.1 Å². The summed E-state index contributed by atoms with van der Waals surface area (Å²) in [5, 5.41) is 0. The number of amides is 1. The van der Waals surface area contributed by atoms with Gasteiger partial charge in [0.2, 0.25) is 5.91 Å². The maximum Gasteiger partial charge on any atom is 0.397 e. The van der Waals surface area contributed by atoms with E-state index in [1.54, 1.807) is 27.0 Å². The first-order valence-corrected chi connectivity index (χ1v) is 11.0. The van der Waals surface area contributed by atoms with Crippen LogP contribution in [-0.2, 0) is 20.9 Å². The molecule has 0 aromatic carbocycles. The van der Waals surface area contributed by atoms with E-state index >= 15 is 0 Å². The number of piperidine rings is 1. The Morgan fingerprint density at radius 3 is 2.53 bits per heavy atom. The summed E-state index contributed by atoms with van der Waals surface area (Å²) in [5.74, 6) is -1.70. The van der Waals surface area contributed by atoms with Gasteiger partial charge in [0.05, 0.1) is 23.7 Å². The van der Waals surface area contributed by atoms with Gasteiger partial charge in [0, 0.05) is 30.3 Å². The van der Waals surface area contributed by atoms with Gasteiger partial charge in [-0.05, 0) is 51.7 Å². The van der Waals surface area contributed by atoms with E-state index in [4.69, 9.17) is 9.73 Å². The van der Waals surface area contributed by atoms with E-state index in [0.29, 0.717) is 13.0 Å². The molecule has 1 amide bonds. The molecule has 4 rings (SSSR count). The van der Waals surface area contributed by atoms with Crippen molar-refractivity contribution in [3.63, 3.8) is 0 Å². The maximum atomic E-state index is 13.0. The Morgan fingerprint density at radius 1 is 1.19 bits per heavy atom. The summed E-state index contributed by atoms with van der Waals surface area (Å²) in [7, 11) is 0. The number of nitrogens with zero attached hydrogens (tertiary/aromatic N) is 3. The van der Waals surface area contributed by atoms with Crippen molar-refractivity contribution in [2.45, 2.75) is 64.9 Å². The third kappa shape index (κ3) is 4.52. The van der Waals surface area contributed by atoms with Crippen LogP contribution in [0.3, 0.4) is 0 Å². The molecule has 3 bridgehead atoms. The highest BCUT2D eigenvalue weighted by molar-refractivity contribution is 5.95. The number of fused-ring (bicyclic) bond motifs is 2. The molecule has 3 fully saturated rings. The van der Waals surface area contributed by atoms with E-state index in [-0.39, 0.29) is 24.3 Å². The summed E-state index contributed by atoms with van der Waals surface area (Å²) in [5.41, 5.74) is 0.859. The second-order valence-corrected chi connectivity index (χ2v) is 10.1. The third-order valence-electron chi connectivity index (χ3n) is 6.57. The van der Waals surface area contributed by atoms with Crippen molar-refractivity contribution in [2.24, 2.45) is 28.2 Å². The zero-order valence-corrected chi connectivity index (χ0v) is 18.4. The minimum absolute atomic E-state index is 0.0746. The molecular formula is C23H28F3N3O3. The molecular weight excluding hydrogens is 423 g/mol. The highest BCUT2D eigenvalue weighted by Gasteiger charge is 2.61. The van der Waals surface area contributed by atoms with Crippen LogP contribution in [0.4, 0.5) is 13.2 Å². The van der Waals surface area contributed by atoms with E-state index in [1.807, 2.05) is 18.2 Å². The number of esters is 1. The summed E-state index contributed by atoms with van der Waals surface area (Å²) >= 11 is 0. The van der Waals surface area contributed by atoms with Crippen LogP contribution in [0.2, 0.25) is 0 Å². The molecule has 0 N–H and O–H groups in total. The largest absolute Gasteiger partial charge is 0.459 e. The molecule has 2 heterocycles. The number of aromatic nitrogens is 1. The SMILES string of the molecule is CC(C)(C)C(=O)O[C@@H]1C2[C@H]3CC(C[C@@H]1/C3=N\Cc1ccccn1)CN2C(=O)CC(F)(F)F. The van der Waals surface area contributed by atoms with Crippen molar-refractivity contribution in [2.75, 3.05) is 6.54 Å². The molecule has 2 unspecified atom stereocenters. The number of halogens is 3. The first-order chi connectivity index (χ1) is 14.9. The van der Waals surface area contributed by atoms with Gasteiger partial charge in [0.1, 0.15) is 12.5 Å². The van der Waals surface area contributed by atoms with Gasteiger partial charge in [-0.1, -0.05) is 6.07 Å². The molecule has 0 spiro atoms. The van der Waals surface area contributed by atoms with Crippen LogP contribution >= 0.6 is 0 Å². The number of carbonyl (C=O) groups is 2. The van der Waals surface area contributed by atoms with E-state index < -0.39 is 42.0 Å². The number of hydrogen-bond donors (Lipinski definition) is 0. The zero-order valence-electron chi connectivity index (χ0n) is 18.4. The molecule has 6 nitrogen and oxygen atoms in total. The molecule has 1 aromatic heterocycles. The Bertz CT molecular complexity index is 911. The summed E-state index contributed by atoms with van der Waals surface area (Å²) in [6.07, 6.45) is -3.71. The Balaban J connectivity index is 1.66. The van der Waals surface area contributed by atoms with Crippen LogP contribution in [0.1, 0.15) is 45.7 Å². The first kappa shape index (κ1) is 22.7. The summed E-state index contributed by atoms with van der Waals surface area (Å²) in [6, 6.07) is 4.93. The zero-order chi connectivity index (χ0) is 23.3. The first-order valence-electron chi connectivity index (χ1n) is 11.0. The average molecular weight is 451 g/mol. The van der Waals surface area contributed by atoms with Crippen molar-refractivity contribution < 1.29 is 27.5 Å². The Morgan fingerprint density at radius 2 is 1.91 bits per heavy atom. The van der Waals surface area contributed by atoms with Crippen LogP contribution in [0.15, 0.2) is 29.4 Å². The monoisotopic (exact) mass is 451 g/mol. The van der Waals surface area contributed by atoms with Crippen LogP contribution in [-0.4, -0.2) is 52.3 Å². The molecule has 1 aliphatic heterocycles. The summed E-state index contributed by atoms with van der Waals surface area (Å²) < 4.78 is 44.9. The summed E-state index contributed by atoms with van der Waals surface area (Å²) in [6.45, 7) is 5.81. The molecule has 9 heteroatoms. The van der Waals surface area contributed by atoms with Gasteiger partial charge < -0.3 is 9.64 Å². The van der Waals surface area contributed by atoms with Gasteiger partial charge in [0.15, 0.2) is 0 Å². The molecule has 1 saturated heterocycles. The minimum atomic E-state index is -4.58. The standard InChI is InChI=1S/C23H28F3N3O3/c1-22(2,3)21(31)32-20-16-9-13-8-15(18(16)28-11-14-6-4-5-7-27-14)19(20)29(12-13)17(30)10-23(24,25)26/h4-7,13,15-16,19-20H,8-12H2,1-3H3/b28-18-/t13?,15-,16+,19?,20-/m0/s1. The fourth-order valence-electron chi connectivity index (χ4n) is 5.25. The quantitative estimate of drug-likeness (QED) is 0.653. The molecule has 5 atom stereocenters. The summed E-state index contributed by atoms with van der Waals surface area (Å²) in [4.78, 5) is 35.8. The van der Waals surface area contributed by atoms with Crippen molar-refractivity contribution in [1.82, 2.24) is 9.88 Å². The van der Waals surface area contributed by atoms with E-state index in [2.05, 4.69) is 4.98 Å². The lowest BCUT2D eigenvalue weighted by Crippen LogP contribution is -2.54. The van der Waals surface area contributed by atoms with Crippen molar-refractivity contribution in [3.8, 4) is 0 Å².